The van der Waals surface area contributed by atoms with Gasteiger partial charge in [-0.3, -0.25) is 0 Å². The lowest BCUT2D eigenvalue weighted by atomic mass is 10.2. The molecule has 1 aromatic carbocycles. The molecule has 0 N–H and O–H groups in total. The number of nitrogens with zero attached hydrogens (tertiary/aromatic N) is 2. The van der Waals surface area contributed by atoms with Crippen molar-refractivity contribution in [3.63, 3.8) is 0 Å². The maximum Gasteiger partial charge on any atom is 0.106 e. The zero-order valence-corrected chi connectivity index (χ0v) is 8.28. The second kappa shape index (κ2) is 3.41. The summed E-state index contributed by atoms with van der Waals surface area (Å²) < 4.78 is 5.16. The van der Waals surface area contributed by atoms with Crippen LogP contribution in [0.25, 0.3) is 10.2 Å². The molecule has 2 rings (SSSR count). The van der Waals surface area contributed by atoms with Crippen molar-refractivity contribution < 1.29 is 0 Å². The Hall–Kier alpha value is -0.610. The average Bonchev–Trinajstić information content (AvgIpc) is 2.53. The van der Waals surface area contributed by atoms with Crippen molar-refractivity contribution >= 4 is 33.5 Å². The molecule has 12 heavy (non-hydrogen) atoms. The van der Waals surface area contributed by atoms with Crippen LogP contribution in [0.3, 0.4) is 0 Å². The molecule has 0 radical (unpaired) electrons. The van der Waals surface area contributed by atoms with E-state index in [2.05, 4.69) is 21.9 Å². The number of thioether (sulfide) groups is 1. The molecular formula is C8H8N2S2. The Morgan fingerprint density at radius 2 is 2.42 bits per heavy atom. The lowest BCUT2D eigenvalue weighted by molar-refractivity contribution is 1.20. The Morgan fingerprint density at radius 3 is 3.25 bits per heavy atom. The second-order valence-electron chi connectivity index (χ2n) is 2.47. The van der Waals surface area contributed by atoms with Gasteiger partial charge in [-0.15, -0.1) is 5.10 Å². The summed E-state index contributed by atoms with van der Waals surface area (Å²) in [4.78, 5) is 0. The van der Waals surface area contributed by atoms with Crippen LogP contribution >= 0.6 is 23.3 Å². The van der Waals surface area contributed by atoms with Crippen LogP contribution in [0.15, 0.2) is 18.2 Å². The maximum atomic E-state index is 4.02. The number of benzene rings is 1. The summed E-state index contributed by atoms with van der Waals surface area (Å²) in [6, 6.07) is 6.18. The lowest BCUT2D eigenvalue weighted by Gasteiger charge is -1.96. The third kappa shape index (κ3) is 1.32. The number of aromatic nitrogens is 2. The summed E-state index contributed by atoms with van der Waals surface area (Å²) in [6.45, 7) is 0. The predicted octanol–water partition coefficient (Wildman–Crippen LogP) is 2.55. The van der Waals surface area contributed by atoms with E-state index in [1.807, 2.05) is 23.9 Å². The van der Waals surface area contributed by atoms with Crippen LogP contribution in [0.1, 0.15) is 5.56 Å². The normalized spacial score (nSPS) is 10.8. The first kappa shape index (κ1) is 8.01. The van der Waals surface area contributed by atoms with E-state index in [4.69, 9.17) is 0 Å². The van der Waals surface area contributed by atoms with Crippen molar-refractivity contribution in [1.82, 2.24) is 9.59 Å². The first-order chi connectivity index (χ1) is 5.92. The van der Waals surface area contributed by atoms with Crippen molar-refractivity contribution in [1.29, 1.82) is 0 Å². The Balaban J connectivity index is 2.57. The highest BCUT2D eigenvalue weighted by Gasteiger charge is 2.02. The SMILES string of the molecule is CSCc1cccc2nnsc12. The van der Waals surface area contributed by atoms with E-state index in [0.29, 0.717) is 0 Å². The van der Waals surface area contributed by atoms with Crippen molar-refractivity contribution in [2.75, 3.05) is 6.26 Å². The van der Waals surface area contributed by atoms with Gasteiger partial charge in [0.15, 0.2) is 0 Å². The van der Waals surface area contributed by atoms with E-state index in [1.165, 1.54) is 21.8 Å². The van der Waals surface area contributed by atoms with Gasteiger partial charge in [0.25, 0.3) is 0 Å². The number of fused-ring (bicyclic) bond motifs is 1. The van der Waals surface area contributed by atoms with Crippen molar-refractivity contribution in [3.8, 4) is 0 Å². The highest BCUT2D eigenvalue weighted by molar-refractivity contribution is 7.97. The molecule has 1 aromatic heterocycles. The number of hydrogen-bond acceptors (Lipinski definition) is 4. The molecule has 2 nitrogen and oxygen atoms in total. The van der Waals surface area contributed by atoms with Crippen LogP contribution in [0.4, 0.5) is 0 Å². The molecule has 0 unspecified atom stereocenters. The van der Waals surface area contributed by atoms with Gasteiger partial charge in [-0.25, -0.2) is 0 Å². The zero-order chi connectivity index (χ0) is 8.39. The number of hydrogen-bond donors (Lipinski definition) is 0. The third-order valence-electron chi connectivity index (χ3n) is 1.66. The first-order valence-corrected chi connectivity index (χ1v) is 5.77. The molecule has 0 spiro atoms. The van der Waals surface area contributed by atoms with Crippen molar-refractivity contribution in [2.45, 2.75) is 5.75 Å². The van der Waals surface area contributed by atoms with Gasteiger partial charge >= 0.3 is 0 Å². The molecule has 0 amide bonds. The van der Waals surface area contributed by atoms with Gasteiger partial charge in [-0.1, -0.05) is 16.6 Å². The topological polar surface area (TPSA) is 25.8 Å². The quantitative estimate of drug-likeness (QED) is 0.738. The van der Waals surface area contributed by atoms with Crippen LogP contribution in [0.5, 0.6) is 0 Å². The number of rotatable bonds is 2. The smallest absolute Gasteiger partial charge is 0.106 e. The molecule has 0 fully saturated rings. The second-order valence-corrected chi connectivity index (χ2v) is 4.09. The van der Waals surface area contributed by atoms with Gasteiger partial charge in [-0.2, -0.15) is 11.8 Å². The monoisotopic (exact) mass is 196 g/mol. The zero-order valence-electron chi connectivity index (χ0n) is 6.65. The molecule has 0 atom stereocenters. The summed E-state index contributed by atoms with van der Waals surface area (Å²) in [7, 11) is 0. The lowest BCUT2D eigenvalue weighted by Crippen LogP contribution is -1.78. The molecule has 4 heteroatoms. The molecular weight excluding hydrogens is 188 g/mol. The fraction of sp³-hybridized carbons (Fsp3) is 0.250. The van der Waals surface area contributed by atoms with Crippen LogP contribution in [-0.2, 0) is 5.75 Å². The molecule has 0 aliphatic carbocycles. The van der Waals surface area contributed by atoms with Gasteiger partial charge in [0, 0.05) is 5.75 Å². The average molecular weight is 196 g/mol. The van der Waals surface area contributed by atoms with Crippen molar-refractivity contribution in [2.24, 2.45) is 0 Å². The Labute approximate surface area is 79.2 Å². The van der Waals surface area contributed by atoms with Crippen LogP contribution in [0.2, 0.25) is 0 Å². The van der Waals surface area contributed by atoms with Gasteiger partial charge in [0.05, 0.1) is 4.70 Å². The highest BCUT2D eigenvalue weighted by Crippen LogP contribution is 2.22. The van der Waals surface area contributed by atoms with E-state index in [9.17, 15) is 0 Å². The Bertz CT molecular complexity index is 383. The molecule has 0 aliphatic rings. The molecule has 1 heterocycles. The molecule has 0 saturated heterocycles. The minimum absolute atomic E-state index is 1.02. The van der Waals surface area contributed by atoms with Crippen LogP contribution in [-0.4, -0.2) is 15.8 Å². The van der Waals surface area contributed by atoms with Gasteiger partial charge < -0.3 is 0 Å². The fourth-order valence-electron chi connectivity index (χ4n) is 1.13. The summed E-state index contributed by atoms with van der Waals surface area (Å²) in [5.41, 5.74) is 2.36. The summed E-state index contributed by atoms with van der Waals surface area (Å²) >= 11 is 3.30. The largest absolute Gasteiger partial charge is 0.161 e. The van der Waals surface area contributed by atoms with E-state index in [-0.39, 0.29) is 0 Å². The third-order valence-corrected chi connectivity index (χ3v) is 3.07. The minimum atomic E-state index is 1.02. The molecule has 0 saturated carbocycles. The molecule has 0 aliphatic heterocycles. The fourth-order valence-corrected chi connectivity index (χ4v) is 2.44. The van der Waals surface area contributed by atoms with E-state index < -0.39 is 0 Å². The highest BCUT2D eigenvalue weighted by atomic mass is 32.2. The summed E-state index contributed by atoms with van der Waals surface area (Å²) in [6.07, 6.45) is 2.10. The minimum Gasteiger partial charge on any atom is -0.161 e. The van der Waals surface area contributed by atoms with Gasteiger partial charge in [-0.05, 0) is 29.4 Å². The van der Waals surface area contributed by atoms with E-state index in [1.54, 1.807) is 0 Å². The van der Waals surface area contributed by atoms with Crippen LogP contribution in [0, 0.1) is 0 Å². The molecule has 2 aromatic rings. The van der Waals surface area contributed by atoms with Gasteiger partial charge in [0.2, 0.25) is 0 Å². The Morgan fingerprint density at radius 1 is 1.50 bits per heavy atom. The predicted molar refractivity (Wildman–Crippen MR) is 54.6 cm³/mol. The molecule has 0 bridgehead atoms. The first-order valence-electron chi connectivity index (χ1n) is 3.60. The van der Waals surface area contributed by atoms with Gasteiger partial charge in [0.1, 0.15) is 5.52 Å². The Kier molecular flexibility index (Phi) is 2.28. The maximum absolute atomic E-state index is 4.02. The summed E-state index contributed by atoms with van der Waals surface area (Å²) in [5.74, 6) is 1.04. The summed E-state index contributed by atoms with van der Waals surface area (Å²) in [5, 5.41) is 4.02. The van der Waals surface area contributed by atoms with Crippen LogP contribution < -0.4 is 0 Å². The van der Waals surface area contributed by atoms with E-state index >= 15 is 0 Å². The molecule has 62 valence electrons. The standard InChI is InChI=1S/C8H8N2S2/c1-11-5-6-3-2-4-7-8(6)12-10-9-7/h2-4H,5H2,1H3. The van der Waals surface area contributed by atoms with E-state index in [0.717, 1.165) is 11.3 Å². The van der Waals surface area contributed by atoms with Crippen molar-refractivity contribution in [3.05, 3.63) is 23.8 Å².